The van der Waals surface area contributed by atoms with Gasteiger partial charge in [-0.2, -0.15) is 0 Å². The van der Waals surface area contributed by atoms with Crippen molar-refractivity contribution in [2.24, 2.45) is 5.92 Å². The average molecular weight is 210 g/mol. The zero-order valence-electron chi connectivity index (χ0n) is 9.88. The van der Waals surface area contributed by atoms with Crippen molar-refractivity contribution in [2.45, 2.75) is 26.7 Å². The van der Waals surface area contributed by atoms with E-state index in [0.29, 0.717) is 6.54 Å². The van der Waals surface area contributed by atoms with Crippen LogP contribution in [0.3, 0.4) is 0 Å². The van der Waals surface area contributed by atoms with E-state index in [4.69, 9.17) is 0 Å². The zero-order chi connectivity index (χ0) is 11.3. The lowest BCUT2D eigenvalue weighted by atomic mass is 9.98. The first-order valence-corrected chi connectivity index (χ1v) is 5.79. The lowest BCUT2D eigenvalue weighted by Gasteiger charge is -2.29. The third-order valence-electron chi connectivity index (χ3n) is 2.80. The molecule has 0 aromatic rings. The maximum Gasteiger partial charge on any atom is 0.227 e. The fourth-order valence-electron chi connectivity index (χ4n) is 1.99. The molecular formula is C12H22N2O. The highest BCUT2D eigenvalue weighted by atomic mass is 16.2. The molecule has 3 heteroatoms. The van der Waals surface area contributed by atoms with Crippen LogP contribution in [0.15, 0.2) is 12.2 Å². The van der Waals surface area contributed by atoms with Crippen LogP contribution in [0, 0.1) is 5.92 Å². The smallest absolute Gasteiger partial charge is 0.227 e. The van der Waals surface area contributed by atoms with Crippen molar-refractivity contribution in [3.8, 4) is 0 Å². The van der Waals surface area contributed by atoms with Gasteiger partial charge in [0.2, 0.25) is 5.91 Å². The first-order valence-electron chi connectivity index (χ1n) is 5.79. The van der Waals surface area contributed by atoms with Gasteiger partial charge in [-0.25, -0.2) is 0 Å². The topological polar surface area (TPSA) is 32.3 Å². The summed E-state index contributed by atoms with van der Waals surface area (Å²) >= 11 is 0. The summed E-state index contributed by atoms with van der Waals surface area (Å²) in [6.07, 6.45) is 2.14. The molecule has 1 heterocycles. The van der Waals surface area contributed by atoms with Crippen molar-refractivity contribution in [1.29, 1.82) is 0 Å². The molecule has 1 unspecified atom stereocenters. The lowest BCUT2D eigenvalue weighted by molar-refractivity contribution is -0.135. The van der Waals surface area contributed by atoms with E-state index in [1.54, 1.807) is 0 Å². The summed E-state index contributed by atoms with van der Waals surface area (Å²) in [6, 6.07) is 0. The van der Waals surface area contributed by atoms with Crippen molar-refractivity contribution in [2.75, 3.05) is 26.2 Å². The zero-order valence-corrected chi connectivity index (χ0v) is 9.88. The Morgan fingerprint density at radius 3 is 2.80 bits per heavy atom. The minimum atomic E-state index is 0.179. The van der Waals surface area contributed by atoms with Gasteiger partial charge >= 0.3 is 0 Å². The first kappa shape index (κ1) is 12.2. The molecular weight excluding hydrogens is 188 g/mol. The number of hydrogen-bond donors (Lipinski definition) is 1. The van der Waals surface area contributed by atoms with Crippen LogP contribution in [-0.4, -0.2) is 37.0 Å². The van der Waals surface area contributed by atoms with Gasteiger partial charge < -0.3 is 10.2 Å². The lowest BCUT2D eigenvalue weighted by Crippen LogP contribution is -2.43. The van der Waals surface area contributed by atoms with E-state index in [-0.39, 0.29) is 11.8 Å². The highest BCUT2D eigenvalue weighted by Gasteiger charge is 2.24. The summed E-state index contributed by atoms with van der Waals surface area (Å²) in [5.41, 5.74) is 1.05. The number of amides is 1. The molecule has 1 amide bonds. The molecule has 1 N–H and O–H groups in total. The van der Waals surface area contributed by atoms with Gasteiger partial charge in [0.25, 0.3) is 0 Å². The normalized spacial score (nSPS) is 21.1. The van der Waals surface area contributed by atoms with Crippen LogP contribution < -0.4 is 5.32 Å². The molecule has 15 heavy (non-hydrogen) atoms. The van der Waals surface area contributed by atoms with E-state index < -0.39 is 0 Å². The molecule has 1 rings (SSSR count). The molecule has 1 saturated heterocycles. The van der Waals surface area contributed by atoms with Gasteiger partial charge in [-0.05, 0) is 33.2 Å². The minimum absolute atomic E-state index is 0.179. The van der Waals surface area contributed by atoms with E-state index >= 15 is 0 Å². The predicted molar refractivity (Wildman–Crippen MR) is 62.7 cm³/mol. The highest BCUT2D eigenvalue weighted by molar-refractivity contribution is 5.79. The van der Waals surface area contributed by atoms with E-state index in [1.165, 1.54) is 0 Å². The fraction of sp³-hybridized carbons (Fsp3) is 0.750. The summed E-state index contributed by atoms with van der Waals surface area (Å²) in [7, 11) is 0. The molecule has 0 spiro atoms. The van der Waals surface area contributed by atoms with Crippen LogP contribution >= 0.6 is 0 Å². The van der Waals surface area contributed by atoms with Crippen LogP contribution in [0.25, 0.3) is 0 Å². The van der Waals surface area contributed by atoms with E-state index in [0.717, 1.165) is 38.0 Å². The number of piperidine rings is 1. The van der Waals surface area contributed by atoms with Gasteiger partial charge in [0.05, 0.1) is 5.92 Å². The number of hydrogen-bond acceptors (Lipinski definition) is 2. The summed E-state index contributed by atoms with van der Waals surface area (Å²) in [4.78, 5) is 14.0. The summed E-state index contributed by atoms with van der Waals surface area (Å²) in [5, 5.41) is 3.28. The SMILES string of the molecule is C=C(C)CN(CC)C(=O)C1CCCNC1. The minimum Gasteiger partial charge on any atom is -0.339 e. The fourth-order valence-corrected chi connectivity index (χ4v) is 1.99. The van der Waals surface area contributed by atoms with Gasteiger partial charge in [0.1, 0.15) is 0 Å². The quantitative estimate of drug-likeness (QED) is 0.712. The van der Waals surface area contributed by atoms with Crippen molar-refractivity contribution in [1.82, 2.24) is 10.2 Å². The van der Waals surface area contributed by atoms with Gasteiger partial charge in [-0.3, -0.25) is 4.79 Å². The maximum atomic E-state index is 12.1. The Morgan fingerprint density at radius 2 is 2.33 bits per heavy atom. The second-order valence-electron chi connectivity index (χ2n) is 4.35. The number of carbonyl (C=O) groups is 1. The standard InChI is InChI=1S/C12H22N2O/c1-4-14(9-10(2)3)12(15)11-6-5-7-13-8-11/h11,13H,2,4-9H2,1,3H3. The second kappa shape index (κ2) is 5.91. The Kier molecular flexibility index (Phi) is 4.82. The van der Waals surface area contributed by atoms with E-state index in [9.17, 15) is 4.79 Å². The Hall–Kier alpha value is -0.830. The van der Waals surface area contributed by atoms with Gasteiger partial charge in [-0.1, -0.05) is 12.2 Å². The van der Waals surface area contributed by atoms with E-state index in [1.807, 2.05) is 18.7 Å². The van der Waals surface area contributed by atoms with E-state index in [2.05, 4.69) is 11.9 Å². The molecule has 0 radical (unpaired) electrons. The second-order valence-corrected chi connectivity index (χ2v) is 4.35. The Bertz CT molecular complexity index is 232. The van der Waals surface area contributed by atoms with Crippen LogP contribution in [0.2, 0.25) is 0 Å². The molecule has 0 saturated carbocycles. The van der Waals surface area contributed by atoms with Crippen LogP contribution in [0.4, 0.5) is 0 Å². The van der Waals surface area contributed by atoms with Crippen molar-refractivity contribution >= 4 is 5.91 Å². The summed E-state index contributed by atoms with van der Waals surface area (Å²) in [5.74, 6) is 0.464. The molecule has 1 aliphatic rings. The molecule has 1 aliphatic heterocycles. The third kappa shape index (κ3) is 3.67. The summed E-state index contributed by atoms with van der Waals surface area (Å²) < 4.78 is 0. The third-order valence-corrected chi connectivity index (χ3v) is 2.80. The van der Waals surface area contributed by atoms with Crippen molar-refractivity contribution < 1.29 is 4.79 Å². The molecule has 3 nitrogen and oxygen atoms in total. The number of nitrogens with one attached hydrogen (secondary N) is 1. The molecule has 1 fully saturated rings. The largest absolute Gasteiger partial charge is 0.339 e. The molecule has 0 bridgehead atoms. The van der Waals surface area contributed by atoms with Crippen LogP contribution in [0.1, 0.15) is 26.7 Å². The monoisotopic (exact) mass is 210 g/mol. The Morgan fingerprint density at radius 1 is 1.60 bits per heavy atom. The van der Waals surface area contributed by atoms with Gasteiger partial charge in [-0.15, -0.1) is 0 Å². The number of rotatable bonds is 4. The summed E-state index contributed by atoms with van der Waals surface area (Å²) in [6.45, 7) is 11.2. The number of nitrogens with zero attached hydrogens (tertiary/aromatic N) is 1. The number of likely N-dealkylation sites (N-methyl/N-ethyl adjacent to an activating group) is 1. The van der Waals surface area contributed by atoms with Crippen LogP contribution in [0.5, 0.6) is 0 Å². The molecule has 1 atom stereocenters. The predicted octanol–water partition coefficient (Wildman–Crippen LogP) is 1.41. The van der Waals surface area contributed by atoms with Gasteiger partial charge in [0.15, 0.2) is 0 Å². The van der Waals surface area contributed by atoms with Crippen molar-refractivity contribution in [3.05, 3.63) is 12.2 Å². The molecule has 86 valence electrons. The Balaban J connectivity index is 2.50. The number of carbonyl (C=O) groups excluding carboxylic acids is 1. The van der Waals surface area contributed by atoms with Crippen LogP contribution in [-0.2, 0) is 4.79 Å². The molecule has 0 aliphatic carbocycles. The average Bonchev–Trinajstić information content (AvgIpc) is 2.26. The molecule has 0 aromatic carbocycles. The van der Waals surface area contributed by atoms with Crippen molar-refractivity contribution in [3.63, 3.8) is 0 Å². The molecule has 0 aromatic heterocycles. The Labute approximate surface area is 92.5 Å². The maximum absolute atomic E-state index is 12.1. The highest BCUT2D eigenvalue weighted by Crippen LogP contribution is 2.14. The first-order chi connectivity index (χ1) is 7.15. The van der Waals surface area contributed by atoms with Gasteiger partial charge in [0, 0.05) is 19.6 Å².